The van der Waals surface area contributed by atoms with E-state index in [0.717, 1.165) is 29.8 Å². The Labute approximate surface area is 254 Å². The van der Waals surface area contributed by atoms with Crippen molar-refractivity contribution in [3.8, 4) is 5.75 Å². The molecule has 0 radical (unpaired) electrons. The minimum Gasteiger partial charge on any atom is -0.530 e. The van der Waals surface area contributed by atoms with E-state index in [9.17, 15) is 9.90 Å². The Bertz CT molecular complexity index is 1460. The minimum atomic E-state index is -1.15. The predicted octanol–water partition coefficient (Wildman–Crippen LogP) is 5.61. The van der Waals surface area contributed by atoms with Crippen LogP contribution in [0, 0.1) is 0 Å². The van der Waals surface area contributed by atoms with Crippen LogP contribution in [-0.2, 0) is 29.2 Å². The monoisotopic (exact) mass is 581 g/mol. The van der Waals surface area contributed by atoms with E-state index in [1.807, 2.05) is 30.3 Å². The molecule has 1 aliphatic heterocycles. The van der Waals surface area contributed by atoms with E-state index in [-0.39, 0.29) is 18.6 Å². The zero-order valence-corrected chi connectivity index (χ0v) is 25.1. The Morgan fingerprint density at radius 1 is 0.860 bits per heavy atom. The number of likely N-dealkylation sites (tertiary alicyclic amines) is 1. The van der Waals surface area contributed by atoms with Crippen molar-refractivity contribution in [2.75, 3.05) is 40.4 Å². The lowest BCUT2D eigenvalue weighted by molar-refractivity contribution is -0.268. The number of carbonyl (C=O) groups is 1. The van der Waals surface area contributed by atoms with Crippen molar-refractivity contribution in [2.45, 2.75) is 44.6 Å². The number of carboxylic acid groups (broad SMARTS) is 1. The lowest BCUT2D eigenvalue weighted by Crippen LogP contribution is -2.51. The molecule has 1 amide bonds. The van der Waals surface area contributed by atoms with Crippen LogP contribution in [0.3, 0.4) is 0 Å². The van der Waals surface area contributed by atoms with E-state index in [1.165, 1.54) is 26.8 Å². The molecule has 7 nitrogen and oxygen atoms in total. The fourth-order valence-corrected chi connectivity index (χ4v) is 5.66. The summed E-state index contributed by atoms with van der Waals surface area (Å²) in [6.45, 7) is 3.82. The van der Waals surface area contributed by atoms with Crippen LogP contribution < -0.4 is 9.84 Å². The van der Waals surface area contributed by atoms with Crippen LogP contribution in [0.1, 0.15) is 41.0 Å². The number of carbonyl (C=O) groups excluding carboxylic acids is 1. The van der Waals surface area contributed by atoms with E-state index < -0.39 is 6.09 Å². The van der Waals surface area contributed by atoms with Gasteiger partial charge in [-0.25, -0.2) is 0 Å². The van der Waals surface area contributed by atoms with E-state index in [0.29, 0.717) is 39.4 Å². The minimum absolute atomic E-state index is 0.0724. The van der Waals surface area contributed by atoms with Crippen molar-refractivity contribution < 1.29 is 24.1 Å². The van der Waals surface area contributed by atoms with Gasteiger partial charge in [-0.2, -0.15) is 0 Å². The number of hydrogen-bond acceptors (Lipinski definition) is 6. The number of ether oxygens (including phenoxy) is 3. The Morgan fingerprint density at radius 3 is 2.35 bits per heavy atom. The summed E-state index contributed by atoms with van der Waals surface area (Å²) in [7, 11) is 4.13. The number of nitrogens with zero attached hydrogens (tertiary/aromatic N) is 2. The molecule has 0 aliphatic carbocycles. The largest absolute Gasteiger partial charge is 0.530 e. The molecule has 1 fully saturated rings. The van der Waals surface area contributed by atoms with Gasteiger partial charge in [-0.3, -0.25) is 0 Å². The quantitative estimate of drug-likeness (QED) is 0.191. The van der Waals surface area contributed by atoms with Crippen LogP contribution in [0.15, 0.2) is 91.0 Å². The summed E-state index contributed by atoms with van der Waals surface area (Å²) in [5, 5.41) is 14.0. The maximum Gasteiger partial charge on any atom is 0.137 e. The molecule has 1 heterocycles. The molecule has 226 valence electrons. The topological polar surface area (TPSA) is 74.3 Å². The molecule has 2 unspecified atom stereocenters. The fraction of sp³-hybridized carbons (Fsp3) is 0.361. The molecule has 43 heavy (non-hydrogen) atoms. The first kappa shape index (κ1) is 30.5. The van der Waals surface area contributed by atoms with E-state index in [4.69, 9.17) is 14.2 Å². The SMILES string of the molecule is CN(C)Cc1ccc2ccc(COC3CN(C(=O)[O-])CCC3c3ccc(OCCCOCc4ccccc4)cc3)cc2c1. The number of amides is 1. The van der Waals surface area contributed by atoms with Gasteiger partial charge in [0.05, 0.1) is 32.5 Å². The highest BCUT2D eigenvalue weighted by Crippen LogP contribution is 2.32. The van der Waals surface area contributed by atoms with Crippen LogP contribution in [-0.4, -0.2) is 62.4 Å². The summed E-state index contributed by atoms with van der Waals surface area (Å²) in [6.07, 6.45) is 0.0415. The zero-order valence-electron chi connectivity index (χ0n) is 25.1. The Balaban J connectivity index is 1.16. The highest BCUT2D eigenvalue weighted by atomic mass is 16.5. The van der Waals surface area contributed by atoms with E-state index in [2.05, 4.69) is 79.7 Å². The van der Waals surface area contributed by atoms with Crippen LogP contribution in [0.5, 0.6) is 5.75 Å². The number of fused-ring (bicyclic) bond motifs is 1. The summed E-state index contributed by atoms with van der Waals surface area (Å²) < 4.78 is 18.1. The van der Waals surface area contributed by atoms with Gasteiger partial charge in [0.15, 0.2) is 0 Å². The van der Waals surface area contributed by atoms with Gasteiger partial charge in [0.25, 0.3) is 0 Å². The Morgan fingerprint density at radius 2 is 1.60 bits per heavy atom. The predicted molar refractivity (Wildman–Crippen MR) is 167 cm³/mol. The van der Waals surface area contributed by atoms with Gasteiger partial charge in [0, 0.05) is 32.0 Å². The molecule has 1 saturated heterocycles. The molecule has 0 spiro atoms. The van der Waals surface area contributed by atoms with Gasteiger partial charge in [-0.05, 0) is 77.8 Å². The highest BCUT2D eigenvalue weighted by Gasteiger charge is 2.31. The maximum atomic E-state index is 11.7. The highest BCUT2D eigenvalue weighted by molar-refractivity contribution is 5.83. The molecule has 0 saturated carbocycles. The van der Waals surface area contributed by atoms with Crippen molar-refractivity contribution in [3.05, 3.63) is 113 Å². The average molecular weight is 582 g/mol. The number of piperidine rings is 1. The Hall–Kier alpha value is -3.91. The maximum absolute atomic E-state index is 11.7. The Kier molecular flexibility index (Phi) is 10.7. The number of hydrogen-bond donors (Lipinski definition) is 0. The lowest BCUT2D eigenvalue weighted by atomic mass is 9.87. The zero-order chi connectivity index (χ0) is 30.0. The van der Waals surface area contributed by atoms with Gasteiger partial charge in [-0.1, -0.05) is 66.7 Å². The third kappa shape index (κ3) is 8.80. The number of rotatable bonds is 13. The van der Waals surface area contributed by atoms with Crippen LogP contribution in [0.2, 0.25) is 0 Å². The number of benzene rings is 4. The molecule has 5 rings (SSSR count). The van der Waals surface area contributed by atoms with E-state index >= 15 is 0 Å². The third-order valence-corrected chi connectivity index (χ3v) is 7.87. The molecule has 0 bridgehead atoms. The molecule has 4 aromatic carbocycles. The van der Waals surface area contributed by atoms with Crippen molar-refractivity contribution in [2.24, 2.45) is 0 Å². The summed E-state index contributed by atoms with van der Waals surface area (Å²) in [5.41, 5.74) is 4.61. The first-order valence-corrected chi connectivity index (χ1v) is 15.0. The lowest BCUT2D eigenvalue weighted by Gasteiger charge is -2.40. The van der Waals surface area contributed by atoms with Crippen LogP contribution >= 0.6 is 0 Å². The van der Waals surface area contributed by atoms with Crippen LogP contribution in [0.4, 0.5) is 4.79 Å². The van der Waals surface area contributed by atoms with Crippen molar-refractivity contribution >= 4 is 16.9 Å². The second-order valence-corrected chi connectivity index (χ2v) is 11.5. The van der Waals surface area contributed by atoms with Gasteiger partial charge in [-0.15, -0.1) is 0 Å². The molecular weight excluding hydrogens is 540 g/mol. The fourth-order valence-electron chi connectivity index (χ4n) is 5.66. The summed E-state index contributed by atoms with van der Waals surface area (Å²) in [4.78, 5) is 15.2. The molecule has 2 atom stereocenters. The van der Waals surface area contributed by atoms with Crippen molar-refractivity contribution in [1.82, 2.24) is 9.80 Å². The van der Waals surface area contributed by atoms with Crippen molar-refractivity contribution in [1.29, 1.82) is 0 Å². The van der Waals surface area contributed by atoms with Gasteiger partial charge in [0.1, 0.15) is 11.8 Å². The van der Waals surface area contributed by atoms with Gasteiger partial charge >= 0.3 is 0 Å². The second-order valence-electron chi connectivity index (χ2n) is 11.5. The molecule has 1 aliphatic rings. The van der Waals surface area contributed by atoms with Gasteiger partial charge in [0.2, 0.25) is 0 Å². The average Bonchev–Trinajstić information content (AvgIpc) is 3.02. The molecule has 0 aromatic heterocycles. The third-order valence-electron chi connectivity index (χ3n) is 7.87. The molecule has 4 aromatic rings. The van der Waals surface area contributed by atoms with E-state index in [1.54, 1.807) is 0 Å². The summed E-state index contributed by atoms with van der Waals surface area (Å²) in [6, 6.07) is 31.2. The standard InChI is InChI=1S/C36H42N2O5/c1-37(2)23-28-9-11-30-12-10-29(22-32(30)21-28)26-43-35-24-38(36(39)40)18-17-34(35)31-13-15-33(16-14-31)42-20-6-19-41-25-27-7-4-3-5-8-27/h3-5,7-16,21-22,34-35H,6,17-20,23-26H2,1-2H3,(H,39,40)/p-1. The normalized spacial score (nSPS) is 17.0. The smallest absolute Gasteiger partial charge is 0.137 e. The van der Waals surface area contributed by atoms with Gasteiger partial charge < -0.3 is 33.9 Å². The molecular formula is C36H41N2O5-. The molecule has 7 heteroatoms. The summed E-state index contributed by atoms with van der Waals surface area (Å²) >= 11 is 0. The first-order valence-electron chi connectivity index (χ1n) is 15.0. The molecule has 0 N–H and O–H groups in total. The first-order chi connectivity index (χ1) is 20.9. The van der Waals surface area contributed by atoms with Crippen molar-refractivity contribution in [3.63, 3.8) is 0 Å². The van der Waals surface area contributed by atoms with Crippen LogP contribution in [0.25, 0.3) is 10.8 Å². The second kappa shape index (κ2) is 15.0. The summed E-state index contributed by atoms with van der Waals surface area (Å²) in [5.74, 6) is 0.879.